The topological polar surface area (TPSA) is 33.0 Å². The van der Waals surface area contributed by atoms with Crippen molar-refractivity contribution in [2.75, 3.05) is 6.61 Å². The van der Waals surface area contributed by atoms with Gasteiger partial charge in [-0.1, -0.05) is 24.9 Å². The van der Waals surface area contributed by atoms with Gasteiger partial charge in [0.1, 0.15) is 11.8 Å². The maximum Gasteiger partial charge on any atom is 0.137 e. The molecule has 0 aliphatic heterocycles. The van der Waals surface area contributed by atoms with Crippen molar-refractivity contribution in [3.8, 4) is 11.8 Å². The smallest absolute Gasteiger partial charge is 0.137 e. The fourth-order valence-corrected chi connectivity index (χ4v) is 1.21. The summed E-state index contributed by atoms with van der Waals surface area (Å²) in [6.45, 7) is 2.74. The van der Waals surface area contributed by atoms with E-state index >= 15 is 0 Å². The summed E-state index contributed by atoms with van der Waals surface area (Å²) in [7, 11) is 0. The summed E-state index contributed by atoms with van der Waals surface area (Å²) in [6, 6.07) is 7.13. The number of hydrogen-bond donors (Lipinski definition) is 0. The molecule has 3 heteroatoms. The number of unbranched alkanes of at least 4 members (excludes halogenated alkanes) is 1. The van der Waals surface area contributed by atoms with E-state index in [1.807, 2.05) is 0 Å². The molecule has 0 unspecified atom stereocenters. The molecule has 0 N–H and O–H groups in total. The van der Waals surface area contributed by atoms with Gasteiger partial charge in [-0.2, -0.15) is 5.26 Å². The van der Waals surface area contributed by atoms with E-state index in [-0.39, 0.29) is 0 Å². The van der Waals surface area contributed by atoms with Crippen LogP contribution in [0.1, 0.15) is 25.3 Å². The van der Waals surface area contributed by atoms with Crippen LogP contribution in [0.5, 0.6) is 5.75 Å². The minimum atomic E-state index is 0.494. The summed E-state index contributed by atoms with van der Waals surface area (Å²) in [5.74, 6) is 0.616. The Hall–Kier alpha value is -1.20. The molecule has 0 spiro atoms. The van der Waals surface area contributed by atoms with Crippen LogP contribution in [0.3, 0.4) is 0 Å². The highest BCUT2D eigenvalue weighted by molar-refractivity contribution is 6.30. The molecule has 74 valence electrons. The molecule has 1 rings (SSSR count). The van der Waals surface area contributed by atoms with Crippen molar-refractivity contribution in [1.82, 2.24) is 0 Å². The first kappa shape index (κ1) is 10.9. The normalized spacial score (nSPS) is 9.50. The average Bonchev–Trinajstić information content (AvgIpc) is 2.20. The number of halogens is 1. The molecule has 1 aromatic rings. The first-order valence-electron chi connectivity index (χ1n) is 4.60. The minimum Gasteiger partial charge on any atom is -0.492 e. The summed E-state index contributed by atoms with van der Waals surface area (Å²) in [5.41, 5.74) is 0.494. The number of rotatable bonds is 4. The standard InChI is InChI=1S/C11H12ClNO/c1-2-3-6-14-11-5-4-10(12)7-9(11)8-13/h4-5,7H,2-3,6H2,1H3. The van der Waals surface area contributed by atoms with Crippen molar-refractivity contribution < 1.29 is 4.74 Å². The van der Waals surface area contributed by atoms with Gasteiger partial charge in [-0.3, -0.25) is 0 Å². The molecule has 0 radical (unpaired) electrons. The van der Waals surface area contributed by atoms with Gasteiger partial charge in [0.25, 0.3) is 0 Å². The zero-order chi connectivity index (χ0) is 10.4. The summed E-state index contributed by atoms with van der Waals surface area (Å²) < 4.78 is 5.44. The lowest BCUT2D eigenvalue weighted by molar-refractivity contribution is 0.308. The summed E-state index contributed by atoms with van der Waals surface area (Å²) >= 11 is 5.75. The molecule has 0 bridgehead atoms. The van der Waals surface area contributed by atoms with Gasteiger partial charge in [-0.05, 0) is 24.6 Å². The highest BCUT2D eigenvalue weighted by Crippen LogP contribution is 2.22. The summed E-state index contributed by atoms with van der Waals surface area (Å²) in [4.78, 5) is 0. The third-order valence-electron chi connectivity index (χ3n) is 1.82. The van der Waals surface area contributed by atoms with Gasteiger partial charge in [-0.25, -0.2) is 0 Å². The zero-order valence-corrected chi connectivity index (χ0v) is 8.84. The maximum atomic E-state index is 8.81. The van der Waals surface area contributed by atoms with Gasteiger partial charge in [0.05, 0.1) is 12.2 Å². The number of benzene rings is 1. The van der Waals surface area contributed by atoms with E-state index < -0.39 is 0 Å². The molecular formula is C11H12ClNO. The molecule has 0 aliphatic rings. The Morgan fingerprint density at radius 2 is 2.29 bits per heavy atom. The molecule has 0 saturated heterocycles. The number of nitrogens with zero attached hydrogens (tertiary/aromatic N) is 1. The van der Waals surface area contributed by atoms with Crippen LogP contribution in [0.25, 0.3) is 0 Å². The van der Waals surface area contributed by atoms with Crippen molar-refractivity contribution in [3.05, 3.63) is 28.8 Å². The van der Waals surface area contributed by atoms with E-state index in [2.05, 4.69) is 13.0 Å². The van der Waals surface area contributed by atoms with Gasteiger partial charge < -0.3 is 4.74 Å². The molecular weight excluding hydrogens is 198 g/mol. The van der Waals surface area contributed by atoms with Crippen LogP contribution in [0.4, 0.5) is 0 Å². The molecule has 0 aromatic heterocycles. The van der Waals surface area contributed by atoms with E-state index in [9.17, 15) is 0 Å². The molecule has 0 heterocycles. The van der Waals surface area contributed by atoms with Crippen LogP contribution < -0.4 is 4.74 Å². The van der Waals surface area contributed by atoms with Gasteiger partial charge in [-0.15, -0.1) is 0 Å². The quantitative estimate of drug-likeness (QED) is 0.713. The van der Waals surface area contributed by atoms with E-state index in [0.717, 1.165) is 12.8 Å². The fourth-order valence-electron chi connectivity index (χ4n) is 1.04. The molecule has 14 heavy (non-hydrogen) atoms. The Labute approximate surface area is 89.1 Å². The Balaban J connectivity index is 2.72. The molecule has 2 nitrogen and oxygen atoms in total. The second kappa shape index (κ2) is 5.51. The second-order valence-corrected chi connectivity index (χ2v) is 3.39. The van der Waals surface area contributed by atoms with Gasteiger partial charge in [0.15, 0.2) is 0 Å². The third-order valence-corrected chi connectivity index (χ3v) is 2.05. The predicted octanol–water partition coefficient (Wildman–Crippen LogP) is 3.39. The largest absolute Gasteiger partial charge is 0.492 e. The molecule has 0 fully saturated rings. The molecule has 0 atom stereocenters. The monoisotopic (exact) mass is 209 g/mol. The lowest BCUT2D eigenvalue weighted by atomic mass is 10.2. The predicted molar refractivity (Wildman–Crippen MR) is 56.6 cm³/mol. The van der Waals surface area contributed by atoms with Crippen LogP contribution in [0, 0.1) is 11.3 Å². The van der Waals surface area contributed by atoms with Crippen LogP contribution in [-0.2, 0) is 0 Å². The Morgan fingerprint density at radius 1 is 1.50 bits per heavy atom. The van der Waals surface area contributed by atoms with Gasteiger partial charge >= 0.3 is 0 Å². The summed E-state index contributed by atoms with van der Waals surface area (Å²) in [6.07, 6.45) is 2.07. The maximum absolute atomic E-state index is 8.81. The van der Waals surface area contributed by atoms with E-state index in [1.54, 1.807) is 18.2 Å². The Morgan fingerprint density at radius 3 is 2.93 bits per heavy atom. The van der Waals surface area contributed by atoms with E-state index in [0.29, 0.717) is 22.9 Å². The van der Waals surface area contributed by atoms with Gasteiger partial charge in [0.2, 0.25) is 0 Å². The highest BCUT2D eigenvalue weighted by atomic mass is 35.5. The summed E-state index contributed by atoms with van der Waals surface area (Å²) in [5, 5.41) is 9.37. The second-order valence-electron chi connectivity index (χ2n) is 2.95. The molecule has 0 aliphatic carbocycles. The highest BCUT2D eigenvalue weighted by Gasteiger charge is 2.03. The van der Waals surface area contributed by atoms with Crippen LogP contribution >= 0.6 is 11.6 Å². The van der Waals surface area contributed by atoms with Crippen LogP contribution in [0.2, 0.25) is 5.02 Å². The number of hydrogen-bond acceptors (Lipinski definition) is 2. The number of nitriles is 1. The lowest BCUT2D eigenvalue weighted by Crippen LogP contribution is -1.98. The van der Waals surface area contributed by atoms with E-state index in [1.165, 1.54) is 0 Å². The average molecular weight is 210 g/mol. The molecule has 0 amide bonds. The van der Waals surface area contributed by atoms with Crippen LogP contribution in [-0.4, -0.2) is 6.61 Å². The third kappa shape index (κ3) is 2.93. The number of ether oxygens (including phenoxy) is 1. The molecule has 1 aromatic carbocycles. The first-order valence-corrected chi connectivity index (χ1v) is 4.98. The lowest BCUT2D eigenvalue weighted by Gasteiger charge is -2.06. The van der Waals surface area contributed by atoms with Gasteiger partial charge in [0, 0.05) is 5.02 Å². The molecule has 0 saturated carbocycles. The van der Waals surface area contributed by atoms with Crippen molar-refractivity contribution in [2.24, 2.45) is 0 Å². The fraction of sp³-hybridized carbons (Fsp3) is 0.364. The van der Waals surface area contributed by atoms with E-state index in [4.69, 9.17) is 21.6 Å². The Bertz CT molecular complexity index is 344. The SMILES string of the molecule is CCCCOc1ccc(Cl)cc1C#N. The zero-order valence-electron chi connectivity index (χ0n) is 8.09. The van der Waals surface area contributed by atoms with Crippen molar-refractivity contribution in [1.29, 1.82) is 5.26 Å². The van der Waals surface area contributed by atoms with Crippen molar-refractivity contribution in [2.45, 2.75) is 19.8 Å². The minimum absolute atomic E-state index is 0.494. The van der Waals surface area contributed by atoms with Crippen molar-refractivity contribution >= 4 is 11.6 Å². The first-order chi connectivity index (χ1) is 6.77. The van der Waals surface area contributed by atoms with Crippen molar-refractivity contribution in [3.63, 3.8) is 0 Å². The Kier molecular flexibility index (Phi) is 4.28. The van der Waals surface area contributed by atoms with Crippen LogP contribution in [0.15, 0.2) is 18.2 Å².